The van der Waals surface area contributed by atoms with Gasteiger partial charge < -0.3 is 9.64 Å². The number of rotatable bonds is 8. The lowest BCUT2D eigenvalue weighted by Crippen LogP contribution is -2.41. The van der Waals surface area contributed by atoms with Gasteiger partial charge in [0.05, 0.1) is 22.9 Å². The number of piperidine rings is 1. The standard InChI is InChI=1S/C25H29N3O5S/c1-19-9-6-7-18-28(19)34(31,32)23-14-12-21(13-15-23)25(30)33-20(2)24(29)27(17-8-16-26)22-10-4-3-5-11-22/h3-5,10-15,19-20H,6-9,17-18H2,1-2H3/t19-,20+/m1/s1. The van der Waals surface area contributed by atoms with E-state index in [1.807, 2.05) is 19.1 Å². The largest absolute Gasteiger partial charge is 0.449 e. The van der Waals surface area contributed by atoms with Crippen LogP contribution in [0.2, 0.25) is 0 Å². The molecule has 1 fully saturated rings. The predicted octanol–water partition coefficient (Wildman–Crippen LogP) is 3.74. The summed E-state index contributed by atoms with van der Waals surface area (Å²) < 4.78 is 32.8. The van der Waals surface area contributed by atoms with E-state index >= 15 is 0 Å². The Morgan fingerprint density at radius 3 is 2.44 bits per heavy atom. The number of esters is 1. The van der Waals surface area contributed by atoms with Crippen molar-refractivity contribution in [1.82, 2.24) is 4.31 Å². The molecule has 1 aliphatic heterocycles. The summed E-state index contributed by atoms with van der Waals surface area (Å²) in [7, 11) is -3.65. The van der Waals surface area contributed by atoms with Gasteiger partial charge in [0.25, 0.3) is 5.91 Å². The lowest BCUT2D eigenvalue weighted by Gasteiger charge is -2.32. The topological polar surface area (TPSA) is 108 Å². The van der Waals surface area contributed by atoms with E-state index in [1.54, 1.807) is 24.3 Å². The zero-order valence-corrected chi connectivity index (χ0v) is 20.2. The van der Waals surface area contributed by atoms with Crippen molar-refractivity contribution in [2.75, 3.05) is 18.0 Å². The van der Waals surface area contributed by atoms with E-state index < -0.39 is 28.0 Å². The van der Waals surface area contributed by atoms with Crippen LogP contribution >= 0.6 is 0 Å². The SMILES string of the molecule is C[C@H](OC(=O)c1ccc(S(=O)(=O)N2CCCC[C@H]2C)cc1)C(=O)N(CCC#N)c1ccccc1. The van der Waals surface area contributed by atoms with Gasteiger partial charge in [-0.1, -0.05) is 24.6 Å². The van der Waals surface area contributed by atoms with Gasteiger partial charge in [-0.2, -0.15) is 9.57 Å². The van der Waals surface area contributed by atoms with Crippen LogP contribution in [0.3, 0.4) is 0 Å². The Labute approximate surface area is 200 Å². The van der Waals surface area contributed by atoms with Crippen LogP contribution in [-0.2, 0) is 19.6 Å². The van der Waals surface area contributed by atoms with Gasteiger partial charge in [-0.3, -0.25) is 4.79 Å². The molecule has 3 rings (SSSR count). The molecule has 1 saturated heterocycles. The number of carbonyl (C=O) groups excluding carboxylic acids is 2. The molecule has 1 aliphatic rings. The van der Waals surface area contributed by atoms with Crippen molar-refractivity contribution in [2.45, 2.75) is 56.6 Å². The number of carbonyl (C=O) groups is 2. The van der Waals surface area contributed by atoms with Gasteiger partial charge in [-0.25, -0.2) is 13.2 Å². The van der Waals surface area contributed by atoms with Crippen molar-refractivity contribution in [3.63, 3.8) is 0 Å². The van der Waals surface area contributed by atoms with Crippen molar-refractivity contribution < 1.29 is 22.7 Å². The van der Waals surface area contributed by atoms with Gasteiger partial charge in [0.15, 0.2) is 6.10 Å². The first kappa shape index (κ1) is 25.4. The molecule has 180 valence electrons. The van der Waals surface area contributed by atoms with E-state index in [4.69, 9.17) is 10.00 Å². The lowest BCUT2D eigenvalue weighted by atomic mass is 10.1. The van der Waals surface area contributed by atoms with Crippen molar-refractivity contribution in [2.24, 2.45) is 0 Å². The monoisotopic (exact) mass is 483 g/mol. The normalized spacial score (nSPS) is 17.4. The highest BCUT2D eigenvalue weighted by atomic mass is 32.2. The minimum atomic E-state index is -3.65. The summed E-state index contributed by atoms with van der Waals surface area (Å²) in [6.45, 7) is 4.02. The second kappa shape index (κ2) is 11.3. The molecular formula is C25H29N3O5S. The molecule has 0 N–H and O–H groups in total. The van der Waals surface area contributed by atoms with Crippen molar-refractivity contribution in [3.05, 3.63) is 60.2 Å². The predicted molar refractivity (Wildman–Crippen MR) is 128 cm³/mol. The van der Waals surface area contributed by atoms with Crippen LogP contribution < -0.4 is 4.90 Å². The molecule has 2 aromatic rings. The smallest absolute Gasteiger partial charge is 0.338 e. The van der Waals surface area contributed by atoms with Gasteiger partial charge >= 0.3 is 5.97 Å². The minimum Gasteiger partial charge on any atom is -0.449 e. The summed E-state index contributed by atoms with van der Waals surface area (Å²) in [5.41, 5.74) is 0.751. The number of anilines is 1. The van der Waals surface area contributed by atoms with Crippen LogP contribution in [-0.4, -0.2) is 49.8 Å². The van der Waals surface area contributed by atoms with Gasteiger partial charge in [0.2, 0.25) is 10.0 Å². The fraction of sp³-hybridized carbons (Fsp3) is 0.400. The van der Waals surface area contributed by atoms with Gasteiger partial charge in [-0.15, -0.1) is 0 Å². The van der Waals surface area contributed by atoms with Crippen LogP contribution in [0, 0.1) is 11.3 Å². The van der Waals surface area contributed by atoms with E-state index in [9.17, 15) is 18.0 Å². The first-order valence-electron chi connectivity index (χ1n) is 11.3. The summed E-state index contributed by atoms with van der Waals surface area (Å²) >= 11 is 0. The zero-order chi connectivity index (χ0) is 24.7. The van der Waals surface area contributed by atoms with Crippen molar-refractivity contribution in [3.8, 4) is 6.07 Å². The number of ether oxygens (including phenoxy) is 1. The average Bonchev–Trinajstić information content (AvgIpc) is 2.85. The Morgan fingerprint density at radius 2 is 1.82 bits per heavy atom. The number of para-hydroxylation sites is 1. The highest BCUT2D eigenvalue weighted by molar-refractivity contribution is 7.89. The first-order chi connectivity index (χ1) is 16.3. The Balaban J connectivity index is 1.70. The second-order valence-electron chi connectivity index (χ2n) is 8.27. The van der Waals surface area contributed by atoms with E-state index in [0.717, 1.165) is 19.3 Å². The number of benzene rings is 2. The molecule has 0 radical (unpaired) electrons. The third-order valence-corrected chi connectivity index (χ3v) is 7.88. The van der Waals surface area contributed by atoms with Crippen LogP contribution in [0.15, 0.2) is 59.5 Å². The molecule has 0 aliphatic carbocycles. The quantitative estimate of drug-likeness (QED) is 0.529. The molecule has 2 atom stereocenters. The van der Waals surface area contributed by atoms with E-state index in [1.165, 1.54) is 40.4 Å². The van der Waals surface area contributed by atoms with Crippen LogP contribution in [0.25, 0.3) is 0 Å². The molecule has 1 amide bonds. The fourth-order valence-electron chi connectivity index (χ4n) is 3.96. The summed E-state index contributed by atoms with van der Waals surface area (Å²) in [6, 6.07) is 16.4. The molecule has 0 unspecified atom stereocenters. The van der Waals surface area contributed by atoms with Crippen molar-refractivity contribution in [1.29, 1.82) is 5.26 Å². The Kier molecular flexibility index (Phi) is 8.42. The summed E-state index contributed by atoms with van der Waals surface area (Å²) in [6.07, 6.45) is 1.70. The number of hydrogen-bond donors (Lipinski definition) is 0. The summed E-state index contributed by atoms with van der Waals surface area (Å²) in [5.74, 6) is -1.18. The van der Waals surface area contributed by atoms with E-state index in [2.05, 4.69) is 0 Å². The molecule has 34 heavy (non-hydrogen) atoms. The number of nitrogens with zero attached hydrogens (tertiary/aromatic N) is 3. The van der Waals surface area contributed by atoms with Gasteiger partial charge in [-0.05, 0) is 63.1 Å². The summed E-state index contributed by atoms with van der Waals surface area (Å²) in [5, 5.41) is 8.93. The van der Waals surface area contributed by atoms with E-state index in [-0.39, 0.29) is 29.5 Å². The molecule has 1 heterocycles. The van der Waals surface area contributed by atoms with Gasteiger partial charge in [0, 0.05) is 24.8 Å². The molecule has 0 saturated carbocycles. The van der Waals surface area contributed by atoms with E-state index in [0.29, 0.717) is 12.2 Å². The Hall–Kier alpha value is -3.22. The molecule has 2 aromatic carbocycles. The molecule has 0 aromatic heterocycles. The molecule has 0 bridgehead atoms. The molecule has 0 spiro atoms. The van der Waals surface area contributed by atoms with Crippen LogP contribution in [0.4, 0.5) is 5.69 Å². The van der Waals surface area contributed by atoms with Crippen LogP contribution in [0.5, 0.6) is 0 Å². The Bertz CT molecular complexity index is 1140. The summed E-state index contributed by atoms with van der Waals surface area (Å²) in [4.78, 5) is 27.1. The maximum absolute atomic E-state index is 13.0. The third kappa shape index (κ3) is 5.82. The fourth-order valence-corrected chi connectivity index (χ4v) is 5.66. The number of amides is 1. The number of nitriles is 1. The zero-order valence-electron chi connectivity index (χ0n) is 19.4. The third-order valence-electron chi connectivity index (χ3n) is 5.85. The molecule has 8 nitrogen and oxygen atoms in total. The highest BCUT2D eigenvalue weighted by Gasteiger charge is 2.31. The lowest BCUT2D eigenvalue weighted by molar-refractivity contribution is -0.126. The maximum Gasteiger partial charge on any atom is 0.338 e. The van der Waals surface area contributed by atoms with Crippen LogP contribution in [0.1, 0.15) is 49.9 Å². The first-order valence-corrected chi connectivity index (χ1v) is 12.8. The molecular weight excluding hydrogens is 454 g/mol. The average molecular weight is 484 g/mol. The molecule has 9 heteroatoms. The maximum atomic E-state index is 13.0. The second-order valence-corrected chi connectivity index (χ2v) is 10.2. The van der Waals surface area contributed by atoms with Gasteiger partial charge in [0.1, 0.15) is 0 Å². The number of hydrogen-bond acceptors (Lipinski definition) is 6. The highest BCUT2D eigenvalue weighted by Crippen LogP contribution is 2.25. The number of sulfonamides is 1. The van der Waals surface area contributed by atoms with Crippen molar-refractivity contribution >= 4 is 27.6 Å². The minimum absolute atomic E-state index is 0.0659. The Morgan fingerprint density at radius 1 is 1.15 bits per heavy atom.